The third kappa shape index (κ3) is 1.67. The summed E-state index contributed by atoms with van der Waals surface area (Å²) >= 11 is 0. The van der Waals surface area contributed by atoms with Crippen LogP contribution in [0.25, 0.3) is 0 Å². The highest BCUT2D eigenvalue weighted by Gasteiger charge is 2.40. The van der Waals surface area contributed by atoms with Gasteiger partial charge in [-0.25, -0.2) is 0 Å². The van der Waals surface area contributed by atoms with Gasteiger partial charge in [0, 0.05) is 31.1 Å². The molecule has 0 aliphatic carbocycles. The first kappa shape index (κ1) is 11.5. The van der Waals surface area contributed by atoms with Gasteiger partial charge in [-0.2, -0.15) is 5.06 Å². The molecule has 0 unspecified atom stereocenters. The van der Waals surface area contributed by atoms with Crippen molar-refractivity contribution >= 4 is 5.91 Å². The first-order chi connectivity index (χ1) is 8.70. The van der Waals surface area contributed by atoms with E-state index < -0.39 is 0 Å². The fourth-order valence-electron chi connectivity index (χ4n) is 2.66. The minimum Gasteiger partial charge on any atom is -0.493 e. The fourth-order valence-corrected chi connectivity index (χ4v) is 2.66. The van der Waals surface area contributed by atoms with E-state index in [1.807, 2.05) is 24.2 Å². The molecule has 5 heteroatoms. The Hall–Kier alpha value is -1.59. The highest BCUT2D eigenvalue weighted by Crippen LogP contribution is 2.42. The Morgan fingerprint density at radius 3 is 3.06 bits per heavy atom. The van der Waals surface area contributed by atoms with Gasteiger partial charge in [-0.05, 0) is 18.2 Å². The Morgan fingerprint density at radius 1 is 1.44 bits per heavy atom. The number of amides is 1. The molecule has 2 aliphatic heterocycles. The number of carbonyl (C=O) groups is 1. The van der Waals surface area contributed by atoms with Gasteiger partial charge >= 0.3 is 0 Å². The van der Waals surface area contributed by atoms with Crippen LogP contribution < -0.4 is 10.1 Å². The largest absolute Gasteiger partial charge is 0.493 e. The van der Waals surface area contributed by atoms with Crippen LogP contribution in [0.4, 0.5) is 0 Å². The van der Waals surface area contributed by atoms with Crippen molar-refractivity contribution < 1.29 is 14.4 Å². The molecule has 0 bridgehead atoms. The third-order valence-corrected chi connectivity index (χ3v) is 3.60. The lowest BCUT2D eigenvalue weighted by atomic mass is 9.91. The molecule has 0 aromatic heterocycles. The molecular weight excluding hydrogens is 232 g/mol. The normalized spacial score (nSPS) is 26.1. The van der Waals surface area contributed by atoms with Crippen LogP contribution in [0.15, 0.2) is 18.2 Å². The van der Waals surface area contributed by atoms with Crippen molar-refractivity contribution in [3.8, 4) is 5.75 Å². The van der Waals surface area contributed by atoms with Crippen molar-refractivity contribution in [3.05, 3.63) is 29.3 Å². The average Bonchev–Trinajstić information content (AvgIpc) is 2.79. The predicted molar refractivity (Wildman–Crippen MR) is 65.3 cm³/mol. The van der Waals surface area contributed by atoms with Gasteiger partial charge in [0.1, 0.15) is 5.75 Å². The van der Waals surface area contributed by atoms with Crippen LogP contribution in [-0.2, 0) is 4.84 Å². The number of nitrogens with zero attached hydrogens (tertiary/aromatic N) is 1. The van der Waals surface area contributed by atoms with Crippen molar-refractivity contribution in [1.29, 1.82) is 0 Å². The highest BCUT2D eigenvalue weighted by molar-refractivity contribution is 5.94. The second-order valence-electron chi connectivity index (χ2n) is 4.69. The lowest BCUT2D eigenvalue weighted by Gasteiger charge is -2.30. The van der Waals surface area contributed by atoms with Gasteiger partial charge < -0.3 is 10.1 Å². The molecule has 1 fully saturated rings. The lowest BCUT2D eigenvalue weighted by Crippen LogP contribution is -2.29. The standard InChI is InChI=1S/C13H16N2O3/c1-14-13(16)8-3-4-11-10(5-8)12-9(6-17-11)7-18-15(12)2/h3-5,9,12H,6-7H2,1-2H3,(H,14,16)/t9-,12+/m1/s1. The van der Waals surface area contributed by atoms with Crippen molar-refractivity contribution in [3.63, 3.8) is 0 Å². The molecule has 1 amide bonds. The number of rotatable bonds is 1. The first-order valence-electron chi connectivity index (χ1n) is 6.05. The quantitative estimate of drug-likeness (QED) is 0.804. The molecule has 1 N–H and O–H groups in total. The van der Waals surface area contributed by atoms with E-state index >= 15 is 0 Å². The molecule has 2 aliphatic rings. The van der Waals surface area contributed by atoms with E-state index in [4.69, 9.17) is 9.57 Å². The van der Waals surface area contributed by atoms with Crippen molar-refractivity contribution in [1.82, 2.24) is 10.4 Å². The maximum absolute atomic E-state index is 11.7. The number of hydrogen-bond donors (Lipinski definition) is 1. The molecule has 1 aromatic carbocycles. The summed E-state index contributed by atoms with van der Waals surface area (Å²) in [4.78, 5) is 17.2. The number of hydrogen-bond acceptors (Lipinski definition) is 4. The highest BCUT2D eigenvalue weighted by atomic mass is 16.7. The molecule has 5 nitrogen and oxygen atoms in total. The number of carbonyl (C=O) groups excluding carboxylic acids is 1. The second-order valence-corrected chi connectivity index (χ2v) is 4.69. The van der Waals surface area contributed by atoms with Crippen LogP contribution in [0.5, 0.6) is 5.75 Å². The van der Waals surface area contributed by atoms with Crippen molar-refractivity contribution in [2.24, 2.45) is 5.92 Å². The minimum atomic E-state index is -0.0820. The van der Waals surface area contributed by atoms with Gasteiger partial charge in [0.05, 0.1) is 19.3 Å². The van der Waals surface area contributed by atoms with Crippen molar-refractivity contribution in [2.75, 3.05) is 27.3 Å². The summed E-state index contributed by atoms with van der Waals surface area (Å²) in [5.74, 6) is 1.10. The summed E-state index contributed by atoms with van der Waals surface area (Å²) in [7, 11) is 3.55. The van der Waals surface area contributed by atoms with E-state index in [0.717, 1.165) is 11.3 Å². The average molecular weight is 248 g/mol. The van der Waals surface area contributed by atoms with E-state index in [1.54, 1.807) is 13.1 Å². The van der Waals surface area contributed by atoms with Gasteiger partial charge in [0.15, 0.2) is 0 Å². The molecule has 3 rings (SSSR count). The van der Waals surface area contributed by atoms with Gasteiger partial charge in [-0.15, -0.1) is 0 Å². The summed E-state index contributed by atoms with van der Waals surface area (Å²) in [6, 6.07) is 5.73. The SMILES string of the molecule is CNC(=O)c1ccc2c(c1)[C@@H]1[C@H](CO2)CON1C. The first-order valence-corrected chi connectivity index (χ1v) is 6.05. The molecule has 2 heterocycles. The maximum atomic E-state index is 11.7. The summed E-state index contributed by atoms with van der Waals surface area (Å²) in [5.41, 5.74) is 1.69. The minimum absolute atomic E-state index is 0.0820. The number of benzene rings is 1. The molecule has 2 atom stereocenters. The number of hydroxylamine groups is 2. The monoisotopic (exact) mass is 248 g/mol. The molecule has 1 aromatic rings. The predicted octanol–water partition coefficient (Wildman–Crippen LogP) is 0.973. The number of fused-ring (bicyclic) bond motifs is 3. The Kier molecular flexibility index (Phi) is 2.72. The molecule has 1 saturated heterocycles. The van der Waals surface area contributed by atoms with Crippen LogP contribution in [0.2, 0.25) is 0 Å². The topological polar surface area (TPSA) is 50.8 Å². The molecule has 0 radical (unpaired) electrons. The Bertz CT molecular complexity index is 489. The van der Waals surface area contributed by atoms with Crippen molar-refractivity contribution in [2.45, 2.75) is 6.04 Å². The number of ether oxygens (including phenoxy) is 1. The van der Waals surface area contributed by atoms with Crippen LogP contribution >= 0.6 is 0 Å². The van der Waals surface area contributed by atoms with Gasteiger partial charge in [-0.1, -0.05) is 0 Å². The van der Waals surface area contributed by atoms with E-state index in [1.165, 1.54) is 0 Å². The summed E-state index contributed by atoms with van der Waals surface area (Å²) < 4.78 is 5.72. The summed E-state index contributed by atoms with van der Waals surface area (Å²) in [6.45, 7) is 1.34. The summed E-state index contributed by atoms with van der Waals surface area (Å²) in [5, 5.41) is 4.50. The Morgan fingerprint density at radius 2 is 2.28 bits per heavy atom. The molecule has 0 saturated carbocycles. The molecule has 96 valence electrons. The number of nitrogens with one attached hydrogen (secondary N) is 1. The molecule has 18 heavy (non-hydrogen) atoms. The van der Waals surface area contributed by atoms with Gasteiger partial charge in [0.25, 0.3) is 5.91 Å². The van der Waals surface area contributed by atoms with Crippen LogP contribution in [0.3, 0.4) is 0 Å². The second kappa shape index (κ2) is 4.26. The van der Waals surface area contributed by atoms with Gasteiger partial charge in [-0.3, -0.25) is 9.63 Å². The Balaban J connectivity index is 2.03. The zero-order valence-corrected chi connectivity index (χ0v) is 10.5. The van der Waals surface area contributed by atoms with E-state index in [-0.39, 0.29) is 11.9 Å². The fraction of sp³-hybridized carbons (Fsp3) is 0.462. The van der Waals surface area contributed by atoms with Crippen LogP contribution in [0, 0.1) is 5.92 Å². The van der Waals surface area contributed by atoms with E-state index in [0.29, 0.717) is 24.7 Å². The maximum Gasteiger partial charge on any atom is 0.251 e. The van der Waals surface area contributed by atoms with Crippen LogP contribution in [0.1, 0.15) is 22.0 Å². The zero-order chi connectivity index (χ0) is 12.7. The smallest absolute Gasteiger partial charge is 0.251 e. The third-order valence-electron chi connectivity index (χ3n) is 3.60. The van der Waals surface area contributed by atoms with Crippen LogP contribution in [-0.4, -0.2) is 38.3 Å². The lowest BCUT2D eigenvalue weighted by molar-refractivity contribution is -0.111. The van der Waals surface area contributed by atoms with E-state index in [9.17, 15) is 4.79 Å². The molecular formula is C13H16N2O3. The van der Waals surface area contributed by atoms with Gasteiger partial charge in [0.2, 0.25) is 0 Å². The zero-order valence-electron chi connectivity index (χ0n) is 10.5. The van der Waals surface area contributed by atoms with E-state index in [2.05, 4.69) is 5.32 Å². The molecule has 0 spiro atoms. The summed E-state index contributed by atoms with van der Waals surface area (Å²) in [6.07, 6.45) is 0. The Labute approximate surface area is 106 Å².